The van der Waals surface area contributed by atoms with Gasteiger partial charge in [-0.25, -0.2) is 9.18 Å². The molecule has 0 unspecified atom stereocenters. The van der Waals surface area contributed by atoms with E-state index < -0.39 is 5.97 Å². The van der Waals surface area contributed by atoms with Crippen LogP contribution in [0, 0.1) is 17.7 Å². The maximum absolute atomic E-state index is 14.5. The van der Waals surface area contributed by atoms with Crippen molar-refractivity contribution >= 4 is 5.97 Å². The van der Waals surface area contributed by atoms with E-state index in [1.165, 1.54) is 89.5 Å². The Balaban J connectivity index is 1.32. The molecule has 216 valence electrons. The average molecular weight is 539 g/mol. The van der Waals surface area contributed by atoms with E-state index in [2.05, 4.69) is 13.8 Å². The molecule has 2 aromatic rings. The molecular formula is C35H51FO3. The summed E-state index contributed by atoms with van der Waals surface area (Å²) < 4.78 is 25.9. The first kappa shape index (κ1) is 31.2. The van der Waals surface area contributed by atoms with E-state index in [0.717, 1.165) is 36.8 Å². The molecule has 0 saturated heterocycles. The van der Waals surface area contributed by atoms with Crippen LogP contribution in [0.4, 0.5) is 4.39 Å². The van der Waals surface area contributed by atoms with E-state index in [0.29, 0.717) is 24.2 Å². The van der Waals surface area contributed by atoms with Gasteiger partial charge in [0.05, 0.1) is 12.2 Å². The van der Waals surface area contributed by atoms with Gasteiger partial charge in [0.1, 0.15) is 17.3 Å². The Kier molecular flexibility index (Phi) is 14.4. The van der Waals surface area contributed by atoms with Crippen LogP contribution in [-0.4, -0.2) is 12.6 Å². The van der Waals surface area contributed by atoms with Crippen LogP contribution in [0.2, 0.25) is 0 Å². The van der Waals surface area contributed by atoms with E-state index in [1.54, 1.807) is 24.3 Å². The molecule has 0 atom stereocenters. The van der Waals surface area contributed by atoms with Crippen LogP contribution in [0.5, 0.6) is 11.5 Å². The van der Waals surface area contributed by atoms with Gasteiger partial charge in [0.15, 0.2) is 0 Å². The molecule has 1 saturated carbocycles. The topological polar surface area (TPSA) is 35.5 Å². The first-order chi connectivity index (χ1) is 19.1. The van der Waals surface area contributed by atoms with Gasteiger partial charge in [0, 0.05) is 6.07 Å². The number of esters is 1. The Morgan fingerprint density at radius 3 is 2.00 bits per heavy atom. The van der Waals surface area contributed by atoms with Gasteiger partial charge in [-0.1, -0.05) is 103 Å². The summed E-state index contributed by atoms with van der Waals surface area (Å²) >= 11 is 0. The quantitative estimate of drug-likeness (QED) is 0.108. The number of unbranched alkanes of at least 4 members (excludes halogenated alkanes) is 7. The Morgan fingerprint density at radius 1 is 0.744 bits per heavy atom. The summed E-state index contributed by atoms with van der Waals surface area (Å²) in [6.07, 6.45) is 21.2. The zero-order valence-corrected chi connectivity index (χ0v) is 24.5. The number of benzene rings is 2. The van der Waals surface area contributed by atoms with Crippen LogP contribution in [0.3, 0.4) is 0 Å². The second-order valence-corrected chi connectivity index (χ2v) is 11.6. The number of aryl methyl sites for hydroxylation is 1. The second-order valence-electron chi connectivity index (χ2n) is 11.6. The highest BCUT2D eigenvalue weighted by Crippen LogP contribution is 2.34. The lowest BCUT2D eigenvalue weighted by molar-refractivity contribution is 0.0734. The minimum atomic E-state index is -0.491. The third-order valence-corrected chi connectivity index (χ3v) is 8.33. The summed E-state index contributed by atoms with van der Waals surface area (Å²) in [6, 6.07) is 11.8. The fraction of sp³-hybridized carbons (Fsp3) is 0.629. The smallest absolute Gasteiger partial charge is 0.343 e. The van der Waals surface area contributed by atoms with Crippen molar-refractivity contribution in [1.82, 2.24) is 0 Å². The molecule has 1 aliphatic rings. The van der Waals surface area contributed by atoms with Gasteiger partial charge >= 0.3 is 5.97 Å². The fourth-order valence-corrected chi connectivity index (χ4v) is 5.80. The Hall–Kier alpha value is -2.36. The minimum absolute atomic E-state index is 0.236. The van der Waals surface area contributed by atoms with Crippen LogP contribution >= 0.6 is 0 Å². The van der Waals surface area contributed by atoms with Crippen molar-refractivity contribution in [2.45, 2.75) is 123 Å². The highest BCUT2D eigenvalue weighted by Gasteiger charge is 2.20. The Labute approximate surface area is 236 Å². The SMILES string of the molecule is CCCCCCCCc1ccc(OC(=O)c2ccc(OCCCC3CCC(CCCCC)CC3)cc2)cc1F. The normalized spacial score (nSPS) is 17.2. The summed E-state index contributed by atoms with van der Waals surface area (Å²) in [6.45, 7) is 5.18. The lowest BCUT2D eigenvalue weighted by Crippen LogP contribution is -2.15. The van der Waals surface area contributed by atoms with Crippen LogP contribution < -0.4 is 9.47 Å². The number of rotatable bonds is 18. The van der Waals surface area contributed by atoms with Crippen molar-refractivity contribution in [2.75, 3.05) is 6.61 Å². The number of carbonyl (C=O) groups excluding carboxylic acids is 1. The van der Waals surface area contributed by atoms with E-state index in [1.807, 2.05) is 12.1 Å². The van der Waals surface area contributed by atoms with Crippen LogP contribution in [0.1, 0.15) is 133 Å². The number of hydrogen-bond donors (Lipinski definition) is 0. The monoisotopic (exact) mass is 538 g/mol. The van der Waals surface area contributed by atoms with Crippen molar-refractivity contribution in [3.63, 3.8) is 0 Å². The molecule has 0 bridgehead atoms. The summed E-state index contributed by atoms with van der Waals surface area (Å²) in [5.74, 6) is 2.01. The predicted octanol–water partition coefficient (Wildman–Crippen LogP) is 10.5. The minimum Gasteiger partial charge on any atom is -0.494 e. The largest absolute Gasteiger partial charge is 0.494 e. The van der Waals surface area contributed by atoms with E-state index >= 15 is 0 Å². The van der Waals surface area contributed by atoms with Crippen molar-refractivity contribution in [2.24, 2.45) is 11.8 Å². The fourth-order valence-electron chi connectivity index (χ4n) is 5.80. The van der Waals surface area contributed by atoms with Crippen LogP contribution in [0.25, 0.3) is 0 Å². The first-order valence-corrected chi connectivity index (χ1v) is 15.8. The lowest BCUT2D eigenvalue weighted by atomic mass is 9.78. The maximum Gasteiger partial charge on any atom is 0.343 e. The van der Waals surface area contributed by atoms with Crippen molar-refractivity contribution < 1.29 is 18.7 Å². The highest BCUT2D eigenvalue weighted by molar-refractivity contribution is 5.91. The molecule has 0 heterocycles. The molecular weight excluding hydrogens is 487 g/mol. The van der Waals surface area contributed by atoms with Gasteiger partial charge < -0.3 is 9.47 Å². The molecule has 39 heavy (non-hydrogen) atoms. The standard InChI is InChI=1S/C35H51FO3/c1-3-5-7-8-9-11-15-30-20-25-33(27-34(30)36)39-35(37)31-21-23-32(24-22-31)38-26-12-14-29-18-16-28(17-19-29)13-10-6-4-2/h20-25,27-29H,3-19,26H2,1-2H3. The molecule has 0 aliphatic heterocycles. The summed E-state index contributed by atoms with van der Waals surface area (Å²) in [4.78, 5) is 12.6. The van der Waals surface area contributed by atoms with E-state index in [4.69, 9.17) is 9.47 Å². The molecule has 4 heteroatoms. The van der Waals surface area contributed by atoms with Gasteiger partial charge in [-0.15, -0.1) is 0 Å². The summed E-state index contributed by atoms with van der Waals surface area (Å²) in [5, 5.41) is 0. The molecule has 0 radical (unpaired) electrons. The third-order valence-electron chi connectivity index (χ3n) is 8.33. The van der Waals surface area contributed by atoms with Crippen molar-refractivity contribution in [3.05, 3.63) is 59.4 Å². The van der Waals surface area contributed by atoms with Crippen molar-refractivity contribution in [1.29, 1.82) is 0 Å². The highest BCUT2D eigenvalue weighted by atomic mass is 19.1. The lowest BCUT2D eigenvalue weighted by Gasteiger charge is -2.28. The number of halogens is 1. The zero-order valence-electron chi connectivity index (χ0n) is 24.5. The van der Waals surface area contributed by atoms with E-state index in [9.17, 15) is 9.18 Å². The van der Waals surface area contributed by atoms with Gasteiger partial charge in [-0.2, -0.15) is 0 Å². The van der Waals surface area contributed by atoms with Crippen molar-refractivity contribution in [3.8, 4) is 11.5 Å². The average Bonchev–Trinajstić information content (AvgIpc) is 2.95. The summed E-state index contributed by atoms with van der Waals surface area (Å²) in [5.41, 5.74) is 1.11. The van der Waals surface area contributed by atoms with E-state index in [-0.39, 0.29) is 11.6 Å². The number of hydrogen-bond acceptors (Lipinski definition) is 3. The molecule has 1 aliphatic carbocycles. The molecule has 0 N–H and O–H groups in total. The number of ether oxygens (including phenoxy) is 2. The Morgan fingerprint density at radius 2 is 1.33 bits per heavy atom. The molecule has 3 nitrogen and oxygen atoms in total. The van der Waals surface area contributed by atoms with Gasteiger partial charge in [-0.05, 0) is 73.4 Å². The zero-order chi connectivity index (χ0) is 27.7. The second kappa shape index (κ2) is 18.1. The van der Waals surface area contributed by atoms with Gasteiger partial charge in [0.2, 0.25) is 0 Å². The molecule has 0 amide bonds. The number of carbonyl (C=O) groups is 1. The summed E-state index contributed by atoms with van der Waals surface area (Å²) in [7, 11) is 0. The molecule has 0 spiro atoms. The molecule has 2 aromatic carbocycles. The van der Waals surface area contributed by atoms with Gasteiger partial charge in [0.25, 0.3) is 0 Å². The van der Waals surface area contributed by atoms with Crippen LogP contribution in [0.15, 0.2) is 42.5 Å². The predicted molar refractivity (Wildman–Crippen MR) is 159 cm³/mol. The third kappa shape index (κ3) is 11.7. The Bertz CT molecular complexity index is 947. The molecule has 1 fully saturated rings. The molecule has 0 aromatic heterocycles. The first-order valence-electron chi connectivity index (χ1n) is 15.8. The molecule has 3 rings (SSSR count). The van der Waals surface area contributed by atoms with Crippen LogP contribution in [-0.2, 0) is 6.42 Å². The maximum atomic E-state index is 14.5. The van der Waals surface area contributed by atoms with Gasteiger partial charge in [-0.3, -0.25) is 0 Å².